The van der Waals surface area contributed by atoms with Gasteiger partial charge in [-0.1, -0.05) is 59.8 Å². The molecule has 0 aliphatic rings. The van der Waals surface area contributed by atoms with E-state index < -0.39 is 0 Å². The monoisotopic (exact) mass is 315 g/mol. The lowest BCUT2D eigenvalue weighted by molar-refractivity contribution is 1.19. The fourth-order valence-electron chi connectivity index (χ4n) is 1.85. The molecule has 21 heavy (non-hydrogen) atoms. The van der Waals surface area contributed by atoms with Crippen molar-refractivity contribution in [3.8, 4) is 6.19 Å². The molecule has 2 aromatic rings. The van der Waals surface area contributed by atoms with E-state index in [-0.39, 0.29) is 0 Å². The summed E-state index contributed by atoms with van der Waals surface area (Å²) in [5.41, 5.74) is 3.00. The third-order valence-electron chi connectivity index (χ3n) is 2.86. The molecule has 2 rings (SSSR count). The van der Waals surface area contributed by atoms with Gasteiger partial charge in [-0.25, -0.2) is 4.99 Å². The molecule has 3 nitrogen and oxygen atoms in total. The van der Waals surface area contributed by atoms with Crippen LogP contribution < -0.4 is 5.32 Å². The normalized spacial score (nSPS) is 11.0. The Morgan fingerprint density at radius 2 is 2.05 bits per heavy atom. The van der Waals surface area contributed by atoms with Gasteiger partial charge in [0.05, 0.1) is 5.69 Å². The Balaban J connectivity index is 2.20. The van der Waals surface area contributed by atoms with Crippen molar-refractivity contribution in [2.75, 3.05) is 6.26 Å². The predicted molar refractivity (Wildman–Crippen MR) is 90.1 cm³/mol. The van der Waals surface area contributed by atoms with Crippen molar-refractivity contribution in [3.05, 3.63) is 64.7 Å². The maximum Gasteiger partial charge on any atom is 0.183 e. The molecule has 0 unspecified atom stereocenters. The fraction of sp³-hybridized carbons (Fsp3) is 0.125. The highest BCUT2D eigenvalue weighted by Crippen LogP contribution is 2.25. The highest BCUT2D eigenvalue weighted by molar-refractivity contribution is 8.13. The van der Waals surface area contributed by atoms with E-state index in [1.165, 1.54) is 17.3 Å². The van der Waals surface area contributed by atoms with E-state index in [9.17, 15) is 0 Å². The van der Waals surface area contributed by atoms with Gasteiger partial charge in [0.1, 0.15) is 0 Å². The van der Waals surface area contributed by atoms with E-state index in [2.05, 4.69) is 22.4 Å². The summed E-state index contributed by atoms with van der Waals surface area (Å²) in [6.07, 6.45) is 4.51. The van der Waals surface area contributed by atoms with Crippen molar-refractivity contribution in [3.63, 3.8) is 0 Å². The van der Waals surface area contributed by atoms with Gasteiger partial charge in [0.15, 0.2) is 11.4 Å². The number of halogens is 1. The smallest absolute Gasteiger partial charge is 0.183 e. The van der Waals surface area contributed by atoms with Crippen LogP contribution in [0.1, 0.15) is 11.1 Å². The number of hydrogen-bond acceptors (Lipinski definition) is 3. The number of hydrogen-bond donors (Lipinski definition) is 1. The zero-order valence-corrected chi connectivity index (χ0v) is 13.1. The summed E-state index contributed by atoms with van der Waals surface area (Å²) in [6, 6.07) is 15.9. The maximum absolute atomic E-state index is 8.63. The second-order valence-corrected chi connectivity index (χ2v) is 5.50. The van der Waals surface area contributed by atoms with Gasteiger partial charge in [-0.2, -0.15) is 5.26 Å². The molecule has 0 bridgehead atoms. The third kappa shape index (κ3) is 4.52. The summed E-state index contributed by atoms with van der Waals surface area (Å²) in [7, 11) is 0. The third-order valence-corrected chi connectivity index (χ3v) is 3.79. The van der Waals surface area contributed by atoms with Gasteiger partial charge in [0, 0.05) is 5.02 Å². The van der Waals surface area contributed by atoms with Gasteiger partial charge in [-0.05, 0) is 35.9 Å². The topological polar surface area (TPSA) is 48.2 Å². The molecule has 0 atom stereocenters. The first-order chi connectivity index (χ1) is 10.2. The summed E-state index contributed by atoms with van der Waals surface area (Å²) in [4.78, 5) is 4.34. The maximum atomic E-state index is 8.63. The molecule has 1 N–H and O–H groups in total. The van der Waals surface area contributed by atoms with Gasteiger partial charge in [0.25, 0.3) is 0 Å². The number of nitrogens with one attached hydrogen (secondary N) is 1. The minimum atomic E-state index is 0.546. The second-order valence-electron chi connectivity index (χ2n) is 4.30. The molecule has 0 radical (unpaired) electrons. The summed E-state index contributed by atoms with van der Waals surface area (Å²) in [5, 5.41) is 12.4. The van der Waals surface area contributed by atoms with Crippen LogP contribution in [-0.2, 0) is 6.42 Å². The highest BCUT2D eigenvalue weighted by atomic mass is 35.5. The first-order valence-electron chi connectivity index (χ1n) is 6.33. The van der Waals surface area contributed by atoms with Crippen molar-refractivity contribution in [1.82, 2.24) is 5.32 Å². The predicted octanol–water partition coefficient (Wildman–Crippen LogP) is 4.35. The lowest BCUT2D eigenvalue weighted by Gasteiger charge is -2.06. The van der Waals surface area contributed by atoms with Gasteiger partial charge >= 0.3 is 0 Å². The summed E-state index contributed by atoms with van der Waals surface area (Å²) >= 11 is 7.70. The van der Waals surface area contributed by atoms with Crippen LogP contribution in [0.5, 0.6) is 0 Å². The molecule has 0 aromatic heterocycles. The van der Waals surface area contributed by atoms with E-state index in [1.54, 1.807) is 0 Å². The van der Waals surface area contributed by atoms with Crippen LogP contribution in [0.4, 0.5) is 5.69 Å². The van der Waals surface area contributed by atoms with Crippen LogP contribution in [0.15, 0.2) is 53.5 Å². The molecule has 0 saturated carbocycles. The van der Waals surface area contributed by atoms with Crippen LogP contribution in [0.25, 0.3) is 0 Å². The Labute approximate surface area is 133 Å². The molecule has 0 aliphatic heterocycles. The zero-order valence-electron chi connectivity index (χ0n) is 11.5. The SMILES string of the molecule is CSC(=Nc1ccc(Cc2ccccc2)c(Cl)c1)NC#N. The number of aliphatic imine (C=N–C) groups is 1. The lowest BCUT2D eigenvalue weighted by Crippen LogP contribution is -2.12. The fourth-order valence-corrected chi connectivity index (χ4v) is 2.44. The van der Waals surface area contributed by atoms with E-state index in [1.807, 2.05) is 48.8 Å². The minimum Gasteiger partial charge on any atom is -0.271 e. The largest absolute Gasteiger partial charge is 0.271 e. The Morgan fingerprint density at radius 1 is 1.29 bits per heavy atom. The molecule has 0 heterocycles. The van der Waals surface area contributed by atoms with E-state index in [4.69, 9.17) is 16.9 Å². The van der Waals surface area contributed by atoms with Crippen LogP contribution in [0.2, 0.25) is 5.02 Å². The number of nitriles is 1. The minimum absolute atomic E-state index is 0.546. The summed E-state index contributed by atoms with van der Waals surface area (Å²) in [5.74, 6) is 0. The average Bonchev–Trinajstić information content (AvgIpc) is 2.50. The summed E-state index contributed by atoms with van der Waals surface area (Å²) in [6.45, 7) is 0. The van der Waals surface area contributed by atoms with E-state index in [0.29, 0.717) is 10.2 Å². The van der Waals surface area contributed by atoms with Gasteiger partial charge in [0.2, 0.25) is 0 Å². The average molecular weight is 316 g/mol. The van der Waals surface area contributed by atoms with Crippen LogP contribution in [0, 0.1) is 11.5 Å². The highest BCUT2D eigenvalue weighted by Gasteiger charge is 2.04. The summed E-state index contributed by atoms with van der Waals surface area (Å²) < 4.78 is 0. The van der Waals surface area contributed by atoms with Crippen LogP contribution >= 0.6 is 23.4 Å². The Bertz CT molecular complexity index is 678. The van der Waals surface area contributed by atoms with Crippen molar-refractivity contribution in [1.29, 1.82) is 5.26 Å². The molecule has 0 fully saturated rings. The standard InChI is InChI=1S/C16H14ClN3S/c1-21-16(19-11-18)20-14-8-7-13(15(17)10-14)9-12-5-3-2-4-6-12/h2-8,10H,9H2,1H3,(H,19,20). The van der Waals surface area contributed by atoms with Gasteiger partial charge < -0.3 is 0 Å². The quantitative estimate of drug-likeness (QED) is 0.396. The van der Waals surface area contributed by atoms with Crippen molar-refractivity contribution < 1.29 is 0 Å². The Kier molecular flexibility index (Phi) is 5.68. The molecule has 5 heteroatoms. The van der Waals surface area contributed by atoms with Gasteiger partial charge in [-0.3, -0.25) is 5.32 Å². The van der Waals surface area contributed by atoms with Crippen LogP contribution in [-0.4, -0.2) is 11.4 Å². The van der Waals surface area contributed by atoms with Gasteiger partial charge in [-0.15, -0.1) is 0 Å². The number of amidine groups is 1. The molecule has 0 saturated heterocycles. The molecule has 106 valence electrons. The molecule has 0 amide bonds. The van der Waals surface area contributed by atoms with Crippen molar-refractivity contribution in [2.45, 2.75) is 6.42 Å². The molecule has 0 aliphatic carbocycles. The first-order valence-corrected chi connectivity index (χ1v) is 7.93. The van der Waals surface area contributed by atoms with Crippen LogP contribution in [0.3, 0.4) is 0 Å². The molecule has 0 spiro atoms. The molecule has 2 aromatic carbocycles. The van der Waals surface area contributed by atoms with Crippen molar-refractivity contribution >= 4 is 34.2 Å². The Morgan fingerprint density at radius 3 is 2.67 bits per heavy atom. The number of nitrogens with zero attached hydrogens (tertiary/aromatic N) is 2. The second kappa shape index (κ2) is 7.72. The van der Waals surface area contributed by atoms with E-state index >= 15 is 0 Å². The number of thioether (sulfide) groups is 1. The number of benzene rings is 2. The zero-order chi connectivity index (χ0) is 15.1. The molecular weight excluding hydrogens is 302 g/mol. The number of rotatable bonds is 3. The Hall–Kier alpha value is -1.96. The van der Waals surface area contributed by atoms with E-state index in [0.717, 1.165) is 17.7 Å². The molecular formula is C16H14ClN3S. The lowest BCUT2D eigenvalue weighted by atomic mass is 10.0. The van der Waals surface area contributed by atoms with Crippen molar-refractivity contribution in [2.24, 2.45) is 4.99 Å². The first kappa shape index (κ1) is 15.4.